The SMILES string of the molecule is OC(c1cccc(Br)c1)c1cccc2cccnc12. The van der Waals surface area contributed by atoms with Crippen molar-refractivity contribution in [2.45, 2.75) is 6.10 Å². The van der Waals surface area contributed by atoms with E-state index in [1.807, 2.05) is 54.6 Å². The summed E-state index contributed by atoms with van der Waals surface area (Å²) in [6.45, 7) is 0. The summed E-state index contributed by atoms with van der Waals surface area (Å²) in [4.78, 5) is 4.38. The summed E-state index contributed by atoms with van der Waals surface area (Å²) in [6, 6.07) is 17.5. The Morgan fingerprint density at radius 3 is 2.63 bits per heavy atom. The monoisotopic (exact) mass is 313 g/mol. The quantitative estimate of drug-likeness (QED) is 0.773. The zero-order valence-corrected chi connectivity index (χ0v) is 11.7. The Bertz CT molecular complexity index is 721. The highest BCUT2D eigenvalue weighted by Gasteiger charge is 2.14. The highest BCUT2D eigenvalue weighted by Crippen LogP contribution is 2.28. The average molecular weight is 314 g/mol. The third-order valence-electron chi connectivity index (χ3n) is 3.12. The number of hydrogen-bond acceptors (Lipinski definition) is 2. The fourth-order valence-electron chi connectivity index (χ4n) is 2.20. The van der Waals surface area contributed by atoms with Crippen LogP contribution in [0.2, 0.25) is 0 Å². The zero-order valence-electron chi connectivity index (χ0n) is 10.1. The lowest BCUT2D eigenvalue weighted by Crippen LogP contribution is -2.01. The van der Waals surface area contributed by atoms with Crippen molar-refractivity contribution in [2.24, 2.45) is 0 Å². The molecule has 0 saturated heterocycles. The average Bonchev–Trinajstić information content (AvgIpc) is 2.46. The molecule has 1 heterocycles. The molecule has 0 radical (unpaired) electrons. The fourth-order valence-corrected chi connectivity index (χ4v) is 2.62. The number of fused-ring (bicyclic) bond motifs is 1. The molecule has 0 amide bonds. The van der Waals surface area contributed by atoms with Gasteiger partial charge in [0.15, 0.2) is 0 Å². The van der Waals surface area contributed by atoms with E-state index in [-0.39, 0.29) is 0 Å². The molecule has 0 spiro atoms. The molecule has 0 aliphatic heterocycles. The van der Waals surface area contributed by atoms with Crippen LogP contribution < -0.4 is 0 Å². The van der Waals surface area contributed by atoms with Crippen LogP contribution >= 0.6 is 15.9 Å². The van der Waals surface area contributed by atoms with E-state index in [4.69, 9.17) is 0 Å². The molecule has 0 fully saturated rings. The second-order valence-corrected chi connectivity index (χ2v) is 5.30. The van der Waals surface area contributed by atoms with E-state index in [2.05, 4.69) is 20.9 Å². The molecule has 3 heteroatoms. The third kappa shape index (κ3) is 2.39. The normalized spacial score (nSPS) is 12.5. The first-order valence-electron chi connectivity index (χ1n) is 6.03. The summed E-state index contributed by atoms with van der Waals surface area (Å²) in [5, 5.41) is 11.6. The Hall–Kier alpha value is -1.71. The summed E-state index contributed by atoms with van der Waals surface area (Å²) >= 11 is 3.43. The number of benzene rings is 2. The summed E-state index contributed by atoms with van der Waals surface area (Å²) in [5.74, 6) is 0. The summed E-state index contributed by atoms with van der Waals surface area (Å²) in [5.41, 5.74) is 2.53. The highest BCUT2D eigenvalue weighted by molar-refractivity contribution is 9.10. The number of rotatable bonds is 2. The number of aliphatic hydroxyl groups is 1. The first-order valence-corrected chi connectivity index (χ1v) is 6.82. The number of nitrogens with zero attached hydrogens (tertiary/aromatic N) is 1. The van der Waals surface area contributed by atoms with Crippen molar-refractivity contribution in [1.82, 2.24) is 4.98 Å². The minimum Gasteiger partial charge on any atom is -0.384 e. The van der Waals surface area contributed by atoms with E-state index < -0.39 is 6.10 Å². The van der Waals surface area contributed by atoms with Gasteiger partial charge in [-0.2, -0.15) is 0 Å². The minimum atomic E-state index is -0.670. The summed E-state index contributed by atoms with van der Waals surface area (Å²) in [7, 11) is 0. The van der Waals surface area contributed by atoms with Gasteiger partial charge in [0.25, 0.3) is 0 Å². The number of hydrogen-bond donors (Lipinski definition) is 1. The maximum absolute atomic E-state index is 10.6. The third-order valence-corrected chi connectivity index (χ3v) is 3.62. The van der Waals surface area contributed by atoms with Crippen molar-refractivity contribution in [3.8, 4) is 0 Å². The van der Waals surface area contributed by atoms with Crippen LogP contribution in [0.5, 0.6) is 0 Å². The van der Waals surface area contributed by atoms with E-state index in [0.29, 0.717) is 0 Å². The molecule has 94 valence electrons. The Morgan fingerprint density at radius 1 is 1.00 bits per heavy atom. The smallest absolute Gasteiger partial charge is 0.106 e. The lowest BCUT2D eigenvalue weighted by molar-refractivity contribution is 0.221. The van der Waals surface area contributed by atoms with Crippen molar-refractivity contribution >= 4 is 26.8 Å². The number of halogens is 1. The largest absolute Gasteiger partial charge is 0.384 e. The van der Waals surface area contributed by atoms with Gasteiger partial charge in [-0.25, -0.2) is 0 Å². The summed E-state index contributed by atoms with van der Waals surface area (Å²) in [6.07, 6.45) is 1.08. The number of para-hydroxylation sites is 1. The maximum Gasteiger partial charge on any atom is 0.106 e. The molecule has 0 aliphatic carbocycles. The molecule has 1 unspecified atom stereocenters. The Morgan fingerprint density at radius 2 is 1.79 bits per heavy atom. The molecule has 0 saturated carbocycles. The lowest BCUT2D eigenvalue weighted by atomic mass is 9.99. The number of aromatic nitrogens is 1. The van der Waals surface area contributed by atoms with Crippen LogP contribution in [0.15, 0.2) is 65.3 Å². The minimum absolute atomic E-state index is 0.670. The van der Waals surface area contributed by atoms with Crippen molar-refractivity contribution in [1.29, 1.82) is 0 Å². The van der Waals surface area contributed by atoms with Gasteiger partial charge in [0, 0.05) is 21.6 Å². The van der Waals surface area contributed by atoms with Crippen LogP contribution in [0.4, 0.5) is 0 Å². The van der Waals surface area contributed by atoms with Crippen LogP contribution in [0.1, 0.15) is 17.2 Å². The fraction of sp³-hybridized carbons (Fsp3) is 0.0625. The van der Waals surface area contributed by atoms with Gasteiger partial charge in [-0.05, 0) is 23.8 Å². The van der Waals surface area contributed by atoms with Crippen LogP contribution in [0.3, 0.4) is 0 Å². The van der Waals surface area contributed by atoms with E-state index in [1.54, 1.807) is 6.20 Å². The van der Waals surface area contributed by atoms with E-state index in [9.17, 15) is 5.11 Å². The van der Waals surface area contributed by atoms with Gasteiger partial charge in [0.2, 0.25) is 0 Å². The topological polar surface area (TPSA) is 33.1 Å². The molecule has 0 aliphatic rings. The van der Waals surface area contributed by atoms with Crippen molar-refractivity contribution < 1.29 is 5.11 Å². The standard InChI is InChI=1S/C16H12BrNO/c17-13-7-1-5-12(10-13)16(19)14-8-2-4-11-6-3-9-18-15(11)14/h1-10,16,19H. The number of aliphatic hydroxyl groups excluding tert-OH is 1. The van der Waals surface area contributed by atoms with Crippen LogP contribution in [-0.2, 0) is 0 Å². The summed E-state index contributed by atoms with van der Waals surface area (Å²) < 4.78 is 0.956. The molecular weight excluding hydrogens is 302 g/mol. The lowest BCUT2D eigenvalue weighted by Gasteiger charge is -2.13. The van der Waals surface area contributed by atoms with Crippen LogP contribution in [0, 0.1) is 0 Å². The van der Waals surface area contributed by atoms with Gasteiger partial charge in [0.05, 0.1) is 5.52 Å². The van der Waals surface area contributed by atoms with Gasteiger partial charge < -0.3 is 5.11 Å². The molecule has 1 N–H and O–H groups in total. The molecule has 1 aromatic heterocycles. The molecule has 2 nitrogen and oxygen atoms in total. The van der Waals surface area contributed by atoms with Crippen molar-refractivity contribution in [3.63, 3.8) is 0 Å². The van der Waals surface area contributed by atoms with Crippen LogP contribution in [-0.4, -0.2) is 10.1 Å². The van der Waals surface area contributed by atoms with E-state index in [1.165, 1.54) is 0 Å². The highest BCUT2D eigenvalue weighted by atomic mass is 79.9. The van der Waals surface area contributed by atoms with Gasteiger partial charge in [0.1, 0.15) is 6.10 Å². The predicted octanol–water partition coefficient (Wildman–Crippen LogP) is 4.08. The predicted molar refractivity (Wildman–Crippen MR) is 79.9 cm³/mol. The van der Waals surface area contributed by atoms with Gasteiger partial charge in [-0.1, -0.05) is 52.3 Å². The zero-order chi connectivity index (χ0) is 13.2. The molecule has 1 atom stereocenters. The van der Waals surface area contributed by atoms with Crippen molar-refractivity contribution in [3.05, 3.63) is 76.4 Å². The molecule has 2 aromatic carbocycles. The van der Waals surface area contributed by atoms with Gasteiger partial charge in [-0.3, -0.25) is 4.98 Å². The Kier molecular flexibility index (Phi) is 3.32. The van der Waals surface area contributed by atoms with Crippen LogP contribution in [0.25, 0.3) is 10.9 Å². The van der Waals surface area contributed by atoms with Crippen molar-refractivity contribution in [2.75, 3.05) is 0 Å². The maximum atomic E-state index is 10.6. The van der Waals surface area contributed by atoms with E-state index >= 15 is 0 Å². The van der Waals surface area contributed by atoms with E-state index in [0.717, 1.165) is 26.5 Å². The second kappa shape index (κ2) is 5.11. The van der Waals surface area contributed by atoms with Gasteiger partial charge >= 0.3 is 0 Å². The Labute approximate surface area is 119 Å². The van der Waals surface area contributed by atoms with Gasteiger partial charge in [-0.15, -0.1) is 0 Å². The Balaban J connectivity index is 2.14. The first kappa shape index (κ1) is 12.3. The number of pyridine rings is 1. The molecule has 0 bridgehead atoms. The first-order chi connectivity index (χ1) is 9.25. The molecule has 3 aromatic rings. The molecule has 3 rings (SSSR count). The molecule has 19 heavy (non-hydrogen) atoms. The second-order valence-electron chi connectivity index (χ2n) is 4.38. The molecular formula is C16H12BrNO.